The molecule has 2 aromatic carbocycles. The molecule has 34 heavy (non-hydrogen) atoms. The van der Waals surface area contributed by atoms with E-state index in [1.807, 2.05) is 24.3 Å². The van der Waals surface area contributed by atoms with Gasteiger partial charge in [-0.1, -0.05) is 39.0 Å². The number of nitro groups is 1. The van der Waals surface area contributed by atoms with Crippen LogP contribution in [0.3, 0.4) is 0 Å². The molecule has 2 unspecified atom stereocenters. The molecule has 0 N–H and O–H groups in total. The van der Waals surface area contributed by atoms with Gasteiger partial charge in [-0.05, 0) is 36.5 Å². The maximum absolute atomic E-state index is 14.0. The van der Waals surface area contributed by atoms with Crippen LogP contribution < -0.4 is 4.74 Å². The Hall–Kier alpha value is -3.94. The Kier molecular flexibility index (Phi) is 3.98. The van der Waals surface area contributed by atoms with Crippen molar-refractivity contribution in [2.45, 2.75) is 44.4 Å². The Labute approximate surface area is 195 Å². The quantitative estimate of drug-likeness (QED) is 0.185. The molecule has 2 aromatic heterocycles. The van der Waals surface area contributed by atoms with E-state index < -0.39 is 21.7 Å². The highest BCUT2D eigenvalue weighted by Crippen LogP contribution is 2.70. The molecule has 1 fully saturated rings. The fourth-order valence-electron chi connectivity index (χ4n) is 6.00. The molecule has 0 amide bonds. The number of carbonyl (C=O) groups excluding carboxylic acids is 1. The monoisotopic (exact) mass is 454 g/mol. The number of non-ortho nitro benzene ring substituents is 1. The minimum atomic E-state index is -1.03. The number of benzene rings is 2. The summed E-state index contributed by atoms with van der Waals surface area (Å²) in [6.45, 7) is 6.26. The van der Waals surface area contributed by atoms with E-state index >= 15 is 0 Å². The number of hydrogen-bond acceptors (Lipinski definition) is 7. The van der Waals surface area contributed by atoms with Crippen LogP contribution in [0, 0.1) is 15.5 Å². The summed E-state index contributed by atoms with van der Waals surface area (Å²) in [6.07, 6.45) is 3.00. The Morgan fingerprint density at radius 2 is 1.76 bits per heavy atom. The third-order valence-corrected chi connectivity index (χ3v) is 8.38. The van der Waals surface area contributed by atoms with E-state index in [4.69, 9.17) is 14.7 Å². The first-order chi connectivity index (χ1) is 16.2. The number of rotatable bonds is 3. The van der Waals surface area contributed by atoms with Gasteiger partial charge in [0.2, 0.25) is 0 Å². The lowest BCUT2D eigenvalue weighted by Crippen LogP contribution is -2.48. The lowest BCUT2D eigenvalue weighted by atomic mass is 9.64. The molecule has 0 saturated heterocycles. The lowest BCUT2D eigenvalue weighted by molar-refractivity contribution is -0.384. The Bertz CT molecular complexity index is 1540. The van der Waals surface area contributed by atoms with Crippen LogP contribution in [0.2, 0.25) is 0 Å². The first-order valence-corrected chi connectivity index (χ1v) is 11.2. The predicted octanol–water partition coefficient (Wildman–Crippen LogP) is 5.02. The van der Waals surface area contributed by atoms with E-state index in [1.165, 1.54) is 12.1 Å². The second kappa shape index (κ2) is 6.56. The van der Waals surface area contributed by atoms with Crippen molar-refractivity contribution in [1.82, 2.24) is 15.0 Å². The zero-order chi connectivity index (χ0) is 23.9. The topological polar surface area (TPSA) is 108 Å². The Balaban J connectivity index is 1.54. The number of fused-ring (bicyclic) bond motifs is 7. The van der Waals surface area contributed by atoms with Crippen molar-refractivity contribution < 1.29 is 14.5 Å². The summed E-state index contributed by atoms with van der Waals surface area (Å²) in [5, 5.41) is 12.2. The number of aromatic nitrogens is 3. The van der Waals surface area contributed by atoms with Gasteiger partial charge in [0.25, 0.3) is 5.69 Å². The smallest absolute Gasteiger partial charge is 0.324 e. The van der Waals surface area contributed by atoms with Gasteiger partial charge in [-0.25, -0.2) is 9.97 Å². The average Bonchev–Trinajstić information content (AvgIpc) is 3.12. The summed E-state index contributed by atoms with van der Waals surface area (Å²) in [5.41, 5.74) is 0.938. The van der Waals surface area contributed by atoms with Crippen LogP contribution in [-0.2, 0) is 15.6 Å². The molecule has 4 aromatic rings. The number of nitro benzene ring substituents is 1. The second-order valence-corrected chi connectivity index (χ2v) is 9.93. The van der Waals surface area contributed by atoms with Crippen molar-refractivity contribution in [2.75, 3.05) is 0 Å². The molecule has 2 atom stereocenters. The van der Waals surface area contributed by atoms with Gasteiger partial charge in [0, 0.05) is 29.1 Å². The minimum absolute atomic E-state index is 0.0613. The number of esters is 1. The summed E-state index contributed by atoms with van der Waals surface area (Å²) < 4.78 is 6.07. The van der Waals surface area contributed by atoms with Crippen molar-refractivity contribution >= 4 is 33.6 Å². The van der Waals surface area contributed by atoms with Crippen molar-refractivity contribution in [2.24, 2.45) is 5.41 Å². The zero-order valence-electron chi connectivity index (χ0n) is 19.0. The van der Waals surface area contributed by atoms with Crippen LogP contribution in [0.15, 0.2) is 54.7 Å². The fraction of sp³-hybridized carbons (Fsp3) is 0.308. The van der Waals surface area contributed by atoms with Crippen LogP contribution in [0.1, 0.15) is 45.0 Å². The van der Waals surface area contributed by atoms with Crippen LogP contribution in [0.4, 0.5) is 5.69 Å². The standard InChI is InChI=1S/C26H22N4O4/c1-24(2)25(3)11-12-26(24,23(31)34-19-8-4-6-15-7-5-13-27-20(15)19)22-21(25)28-17-10-9-16(30(32)33)14-18(17)29-22/h4-10,13-14H,11-12H2,1-3H3. The van der Waals surface area contributed by atoms with Gasteiger partial charge in [0.1, 0.15) is 10.9 Å². The van der Waals surface area contributed by atoms with Crippen molar-refractivity contribution in [3.8, 4) is 5.75 Å². The third-order valence-electron chi connectivity index (χ3n) is 8.38. The normalized spacial score (nSPS) is 24.3. The van der Waals surface area contributed by atoms with Gasteiger partial charge in [-0.2, -0.15) is 0 Å². The van der Waals surface area contributed by atoms with Gasteiger partial charge in [0.05, 0.1) is 27.3 Å². The molecule has 2 aliphatic rings. The van der Waals surface area contributed by atoms with Gasteiger partial charge in [-0.15, -0.1) is 0 Å². The maximum Gasteiger partial charge on any atom is 0.324 e. The largest absolute Gasteiger partial charge is 0.423 e. The SMILES string of the molecule is CC12CCC(C(=O)Oc3cccc4cccnc34)(c3nc4cc([N+](=O)[O-])ccc4nc31)C2(C)C. The van der Waals surface area contributed by atoms with E-state index in [-0.39, 0.29) is 11.1 Å². The van der Waals surface area contributed by atoms with E-state index in [0.29, 0.717) is 34.4 Å². The minimum Gasteiger partial charge on any atom is -0.423 e. The third kappa shape index (κ3) is 2.37. The molecule has 2 aliphatic carbocycles. The fourth-order valence-corrected chi connectivity index (χ4v) is 6.00. The first-order valence-electron chi connectivity index (χ1n) is 11.2. The summed E-state index contributed by atoms with van der Waals surface area (Å²) in [6, 6.07) is 13.7. The average molecular weight is 454 g/mol. The highest BCUT2D eigenvalue weighted by atomic mass is 16.6. The highest BCUT2D eigenvalue weighted by molar-refractivity contribution is 5.93. The van der Waals surface area contributed by atoms with Gasteiger partial charge >= 0.3 is 5.97 Å². The van der Waals surface area contributed by atoms with Crippen LogP contribution >= 0.6 is 0 Å². The van der Waals surface area contributed by atoms with Crippen LogP contribution in [0.5, 0.6) is 5.75 Å². The predicted molar refractivity (Wildman–Crippen MR) is 126 cm³/mol. The molecule has 1 saturated carbocycles. The van der Waals surface area contributed by atoms with E-state index in [9.17, 15) is 14.9 Å². The molecular weight excluding hydrogens is 432 g/mol. The van der Waals surface area contributed by atoms with Crippen LogP contribution in [-0.4, -0.2) is 25.8 Å². The number of para-hydroxylation sites is 1. The molecule has 8 nitrogen and oxygen atoms in total. The van der Waals surface area contributed by atoms with E-state index in [2.05, 4.69) is 25.8 Å². The van der Waals surface area contributed by atoms with E-state index in [1.54, 1.807) is 18.3 Å². The van der Waals surface area contributed by atoms with Gasteiger partial charge < -0.3 is 4.74 Å². The molecule has 2 bridgehead atoms. The molecule has 8 heteroatoms. The number of ether oxygens (including phenoxy) is 1. The van der Waals surface area contributed by atoms with Crippen molar-refractivity contribution in [3.05, 3.63) is 76.2 Å². The summed E-state index contributed by atoms with van der Waals surface area (Å²) in [7, 11) is 0. The molecule has 170 valence electrons. The maximum atomic E-state index is 14.0. The second-order valence-electron chi connectivity index (χ2n) is 9.93. The number of carbonyl (C=O) groups is 1. The Morgan fingerprint density at radius 1 is 1.00 bits per heavy atom. The summed E-state index contributed by atoms with van der Waals surface area (Å²) >= 11 is 0. The van der Waals surface area contributed by atoms with Crippen molar-refractivity contribution in [1.29, 1.82) is 0 Å². The molecular formula is C26H22N4O4. The molecule has 6 rings (SSSR count). The van der Waals surface area contributed by atoms with Gasteiger partial charge in [-0.3, -0.25) is 19.9 Å². The molecule has 0 aliphatic heterocycles. The molecule has 0 spiro atoms. The van der Waals surface area contributed by atoms with Crippen LogP contribution in [0.25, 0.3) is 21.9 Å². The summed E-state index contributed by atoms with van der Waals surface area (Å²) in [4.78, 5) is 39.0. The van der Waals surface area contributed by atoms with Gasteiger partial charge in [0.15, 0.2) is 5.75 Å². The van der Waals surface area contributed by atoms with E-state index in [0.717, 1.165) is 17.5 Å². The Morgan fingerprint density at radius 3 is 2.56 bits per heavy atom. The highest BCUT2D eigenvalue weighted by Gasteiger charge is 2.74. The number of nitrogens with zero attached hydrogens (tertiary/aromatic N) is 4. The molecule has 2 heterocycles. The molecule has 0 radical (unpaired) electrons. The number of hydrogen-bond donors (Lipinski definition) is 0. The summed E-state index contributed by atoms with van der Waals surface area (Å²) in [5.74, 6) is 0.0110. The first kappa shape index (κ1) is 20.7. The zero-order valence-corrected chi connectivity index (χ0v) is 19.0. The lowest BCUT2D eigenvalue weighted by Gasteiger charge is -2.38. The number of pyridine rings is 1. The van der Waals surface area contributed by atoms with Crippen molar-refractivity contribution in [3.63, 3.8) is 0 Å².